The SMILES string of the molecule is CC[C@H](C)[C@H](NC(=O)OC(C)OC(C)=O)C(=O)N1C[C@@H](F)C[C@H]1C#N. The highest BCUT2D eigenvalue weighted by Gasteiger charge is 2.40. The average Bonchev–Trinajstić information content (AvgIpc) is 2.91. The molecule has 1 fully saturated rings. The maximum atomic E-state index is 13.6. The molecule has 0 spiro atoms. The number of alkyl halides is 1. The minimum absolute atomic E-state index is 0.0383. The van der Waals surface area contributed by atoms with Gasteiger partial charge in [-0.15, -0.1) is 0 Å². The molecular formula is C16H24FN3O5. The predicted molar refractivity (Wildman–Crippen MR) is 84.7 cm³/mol. The monoisotopic (exact) mass is 357 g/mol. The third-order valence-electron chi connectivity index (χ3n) is 4.04. The van der Waals surface area contributed by atoms with Crippen molar-refractivity contribution in [3.63, 3.8) is 0 Å². The second kappa shape index (κ2) is 9.20. The van der Waals surface area contributed by atoms with Crippen molar-refractivity contribution in [1.29, 1.82) is 5.26 Å². The van der Waals surface area contributed by atoms with Gasteiger partial charge in [-0.2, -0.15) is 5.26 Å². The minimum Gasteiger partial charge on any atom is -0.426 e. The molecule has 1 heterocycles. The number of amides is 2. The number of rotatable bonds is 6. The van der Waals surface area contributed by atoms with Crippen molar-refractivity contribution in [2.75, 3.05) is 6.54 Å². The molecule has 0 aromatic rings. The molecule has 0 saturated carbocycles. The van der Waals surface area contributed by atoms with E-state index in [1.54, 1.807) is 6.92 Å². The number of halogens is 1. The summed E-state index contributed by atoms with van der Waals surface area (Å²) in [5, 5.41) is 11.5. The van der Waals surface area contributed by atoms with Gasteiger partial charge in [0, 0.05) is 20.3 Å². The summed E-state index contributed by atoms with van der Waals surface area (Å²) in [6, 6.07) is 0.0839. The van der Waals surface area contributed by atoms with Crippen molar-refractivity contribution in [3.05, 3.63) is 0 Å². The average molecular weight is 357 g/mol. The van der Waals surface area contributed by atoms with Crippen LogP contribution in [0.4, 0.5) is 9.18 Å². The van der Waals surface area contributed by atoms with E-state index in [1.165, 1.54) is 13.8 Å². The Labute approximate surface area is 146 Å². The number of hydrogen-bond donors (Lipinski definition) is 1. The first-order valence-corrected chi connectivity index (χ1v) is 8.18. The van der Waals surface area contributed by atoms with Gasteiger partial charge in [0.2, 0.25) is 12.2 Å². The number of carbonyl (C=O) groups is 3. The van der Waals surface area contributed by atoms with E-state index in [4.69, 9.17) is 10.00 Å². The standard InChI is InChI=1S/C16H24FN3O5/c1-5-9(2)14(19-16(23)25-11(4)24-10(3)21)15(22)20-8-12(17)6-13(20)7-18/h9,11-14H,5-6,8H2,1-4H3,(H,19,23)/t9-,11?,12-,13-,14-/m0/s1. The third kappa shape index (κ3) is 5.89. The fourth-order valence-corrected chi connectivity index (χ4v) is 2.58. The summed E-state index contributed by atoms with van der Waals surface area (Å²) in [5.74, 6) is -1.40. The Bertz CT molecular complexity index is 550. The fraction of sp³-hybridized carbons (Fsp3) is 0.750. The maximum Gasteiger partial charge on any atom is 0.410 e. The van der Waals surface area contributed by atoms with Crippen LogP contribution in [0.3, 0.4) is 0 Å². The zero-order chi connectivity index (χ0) is 19.1. The van der Waals surface area contributed by atoms with Crippen molar-refractivity contribution in [2.24, 2.45) is 5.92 Å². The van der Waals surface area contributed by atoms with E-state index in [1.807, 2.05) is 13.0 Å². The van der Waals surface area contributed by atoms with Crippen molar-refractivity contribution in [1.82, 2.24) is 10.2 Å². The summed E-state index contributed by atoms with van der Waals surface area (Å²) < 4.78 is 23.1. The van der Waals surface area contributed by atoms with E-state index >= 15 is 0 Å². The number of carbonyl (C=O) groups excluding carboxylic acids is 3. The van der Waals surface area contributed by atoms with Crippen LogP contribution >= 0.6 is 0 Å². The number of esters is 1. The van der Waals surface area contributed by atoms with Gasteiger partial charge in [0.15, 0.2) is 0 Å². The largest absolute Gasteiger partial charge is 0.426 e. The van der Waals surface area contributed by atoms with E-state index in [-0.39, 0.29) is 18.9 Å². The zero-order valence-electron chi connectivity index (χ0n) is 14.8. The topological polar surface area (TPSA) is 109 Å². The molecule has 140 valence electrons. The van der Waals surface area contributed by atoms with Crippen molar-refractivity contribution < 1.29 is 28.2 Å². The molecule has 1 rings (SSSR count). The maximum absolute atomic E-state index is 13.6. The molecule has 0 aliphatic carbocycles. The van der Waals surface area contributed by atoms with Crippen LogP contribution in [0.25, 0.3) is 0 Å². The van der Waals surface area contributed by atoms with Crippen LogP contribution in [0.15, 0.2) is 0 Å². The fourth-order valence-electron chi connectivity index (χ4n) is 2.58. The zero-order valence-corrected chi connectivity index (χ0v) is 14.8. The van der Waals surface area contributed by atoms with Gasteiger partial charge >= 0.3 is 12.1 Å². The van der Waals surface area contributed by atoms with E-state index < -0.39 is 42.5 Å². The molecule has 0 aromatic carbocycles. The summed E-state index contributed by atoms with van der Waals surface area (Å²) in [6.07, 6.45) is -2.78. The number of likely N-dealkylation sites (tertiary alicyclic amines) is 1. The molecule has 0 aromatic heterocycles. The third-order valence-corrected chi connectivity index (χ3v) is 4.04. The molecule has 2 amide bonds. The Morgan fingerprint density at radius 1 is 1.36 bits per heavy atom. The second-order valence-corrected chi connectivity index (χ2v) is 6.06. The molecule has 9 heteroatoms. The van der Waals surface area contributed by atoms with Crippen LogP contribution in [0.2, 0.25) is 0 Å². The Morgan fingerprint density at radius 2 is 2.00 bits per heavy atom. The Kier molecular flexibility index (Phi) is 7.61. The van der Waals surface area contributed by atoms with Crippen molar-refractivity contribution in [2.45, 2.75) is 65.1 Å². The molecule has 1 saturated heterocycles. The van der Waals surface area contributed by atoms with Crippen LogP contribution in [0.5, 0.6) is 0 Å². The summed E-state index contributed by atoms with van der Waals surface area (Å²) >= 11 is 0. The molecule has 5 atom stereocenters. The summed E-state index contributed by atoms with van der Waals surface area (Å²) in [7, 11) is 0. The van der Waals surface area contributed by atoms with Gasteiger partial charge in [-0.25, -0.2) is 9.18 Å². The molecule has 1 unspecified atom stereocenters. The van der Waals surface area contributed by atoms with E-state index in [2.05, 4.69) is 10.1 Å². The van der Waals surface area contributed by atoms with Gasteiger partial charge in [-0.05, 0) is 5.92 Å². The normalized spacial score (nSPS) is 23.1. The lowest BCUT2D eigenvalue weighted by molar-refractivity contribution is -0.162. The molecule has 1 aliphatic heterocycles. The van der Waals surface area contributed by atoms with Gasteiger partial charge in [0.25, 0.3) is 0 Å². The summed E-state index contributed by atoms with van der Waals surface area (Å²) in [5.41, 5.74) is 0. The quantitative estimate of drug-likeness (QED) is 0.570. The first-order chi connectivity index (χ1) is 11.7. The number of ether oxygens (including phenoxy) is 2. The van der Waals surface area contributed by atoms with Crippen LogP contribution < -0.4 is 5.32 Å². The lowest BCUT2D eigenvalue weighted by atomic mass is 9.97. The molecule has 1 N–H and O–H groups in total. The first kappa shape index (κ1) is 20.7. The molecule has 0 bridgehead atoms. The van der Waals surface area contributed by atoms with Gasteiger partial charge in [-0.3, -0.25) is 9.59 Å². The van der Waals surface area contributed by atoms with Gasteiger partial charge in [0.1, 0.15) is 18.3 Å². The van der Waals surface area contributed by atoms with Gasteiger partial charge in [0.05, 0.1) is 12.6 Å². The first-order valence-electron chi connectivity index (χ1n) is 8.18. The highest BCUT2D eigenvalue weighted by molar-refractivity contribution is 5.86. The summed E-state index contributed by atoms with van der Waals surface area (Å²) in [6.45, 7) is 5.95. The highest BCUT2D eigenvalue weighted by atomic mass is 19.1. The van der Waals surface area contributed by atoms with E-state index in [9.17, 15) is 18.8 Å². The second-order valence-electron chi connectivity index (χ2n) is 6.06. The van der Waals surface area contributed by atoms with E-state index in [0.29, 0.717) is 6.42 Å². The summed E-state index contributed by atoms with van der Waals surface area (Å²) in [4.78, 5) is 36.7. The highest BCUT2D eigenvalue weighted by Crippen LogP contribution is 2.23. The predicted octanol–water partition coefficient (Wildman–Crippen LogP) is 1.50. The van der Waals surface area contributed by atoms with Crippen molar-refractivity contribution in [3.8, 4) is 6.07 Å². The van der Waals surface area contributed by atoms with Gasteiger partial charge < -0.3 is 19.7 Å². The number of nitrogens with one attached hydrogen (secondary N) is 1. The van der Waals surface area contributed by atoms with Crippen LogP contribution in [0.1, 0.15) is 40.5 Å². The lowest BCUT2D eigenvalue weighted by Gasteiger charge is -2.29. The smallest absolute Gasteiger partial charge is 0.410 e. The number of nitriles is 1. The van der Waals surface area contributed by atoms with Crippen molar-refractivity contribution >= 4 is 18.0 Å². The minimum atomic E-state index is -1.26. The van der Waals surface area contributed by atoms with E-state index in [0.717, 1.165) is 4.90 Å². The van der Waals surface area contributed by atoms with Gasteiger partial charge in [-0.1, -0.05) is 20.3 Å². The number of nitrogens with zero attached hydrogens (tertiary/aromatic N) is 2. The Balaban J connectivity index is 2.80. The Hall–Kier alpha value is -2.37. The molecule has 0 radical (unpaired) electrons. The Morgan fingerprint density at radius 3 is 2.52 bits per heavy atom. The number of hydrogen-bond acceptors (Lipinski definition) is 6. The van der Waals surface area contributed by atoms with Crippen LogP contribution in [0, 0.1) is 17.2 Å². The molecule has 1 aliphatic rings. The lowest BCUT2D eigenvalue weighted by Crippen LogP contribution is -2.53. The van der Waals surface area contributed by atoms with Crippen LogP contribution in [-0.2, 0) is 19.1 Å². The molecule has 8 nitrogen and oxygen atoms in total. The molecule has 25 heavy (non-hydrogen) atoms. The van der Waals surface area contributed by atoms with Crippen LogP contribution in [-0.4, -0.2) is 54.0 Å². The molecular weight excluding hydrogens is 333 g/mol. The number of alkyl carbamates (subject to hydrolysis) is 1.